The third-order valence-electron chi connectivity index (χ3n) is 4.97. The molecule has 2 aromatic rings. The van der Waals surface area contributed by atoms with E-state index in [9.17, 15) is 30.0 Å². The second kappa shape index (κ2) is 14.4. The molecule has 2 amide bonds. The van der Waals surface area contributed by atoms with E-state index in [1.165, 1.54) is 24.3 Å². The van der Waals surface area contributed by atoms with Crippen molar-refractivity contribution in [2.75, 3.05) is 26.3 Å². The minimum atomic E-state index is -0.505. The highest BCUT2D eigenvalue weighted by Crippen LogP contribution is 2.25. The van der Waals surface area contributed by atoms with E-state index in [1.54, 1.807) is 12.1 Å². The normalized spacial score (nSPS) is 10.5. The van der Waals surface area contributed by atoms with Crippen LogP contribution in [0.5, 0.6) is 23.0 Å². The van der Waals surface area contributed by atoms with Gasteiger partial charge in [-0.05, 0) is 48.2 Å². The van der Waals surface area contributed by atoms with Crippen molar-refractivity contribution in [3.05, 3.63) is 47.5 Å². The zero-order chi connectivity index (χ0) is 24.8. The van der Waals surface area contributed by atoms with Gasteiger partial charge in [0.25, 0.3) is 0 Å². The number of carbonyl (C=O) groups is 2. The van der Waals surface area contributed by atoms with E-state index < -0.39 is 12.2 Å². The Morgan fingerprint density at radius 3 is 1.41 bits per heavy atom. The van der Waals surface area contributed by atoms with Gasteiger partial charge in [0.1, 0.15) is 0 Å². The zero-order valence-electron chi connectivity index (χ0n) is 19.0. The number of hydrogen-bond donors (Lipinski definition) is 6. The minimum absolute atomic E-state index is 0.162. The SMILES string of the molecule is O=C(NCCCCCCNC(=O)OCCc1ccc(O)c(O)c1)OCCc1ccc(O)c(O)c1. The summed E-state index contributed by atoms with van der Waals surface area (Å²) in [7, 11) is 0. The van der Waals surface area contributed by atoms with Gasteiger partial charge in [0.15, 0.2) is 23.0 Å². The molecule has 0 spiro atoms. The van der Waals surface area contributed by atoms with E-state index in [1.807, 2.05) is 0 Å². The minimum Gasteiger partial charge on any atom is -0.504 e. The number of nitrogens with one attached hydrogen (secondary N) is 2. The third kappa shape index (κ3) is 10.2. The Hall–Kier alpha value is -3.82. The fraction of sp³-hybridized carbons (Fsp3) is 0.417. The van der Waals surface area contributed by atoms with Crippen molar-refractivity contribution in [1.29, 1.82) is 0 Å². The van der Waals surface area contributed by atoms with Crippen molar-refractivity contribution < 1.29 is 39.5 Å². The number of ether oxygens (including phenoxy) is 2. The average molecular weight is 477 g/mol. The molecule has 6 N–H and O–H groups in total. The highest BCUT2D eigenvalue weighted by molar-refractivity contribution is 5.67. The van der Waals surface area contributed by atoms with Crippen molar-refractivity contribution in [3.63, 3.8) is 0 Å². The fourth-order valence-electron chi connectivity index (χ4n) is 3.06. The number of aromatic hydroxyl groups is 4. The molecule has 0 aromatic heterocycles. The Bertz CT molecular complexity index is 860. The summed E-state index contributed by atoms with van der Waals surface area (Å²) in [5.41, 5.74) is 1.50. The molecular formula is C24H32N2O8. The summed E-state index contributed by atoms with van der Waals surface area (Å²) < 4.78 is 10.2. The summed E-state index contributed by atoms with van der Waals surface area (Å²) in [6, 6.07) is 8.92. The number of hydrogen-bond acceptors (Lipinski definition) is 8. The summed E-state index contributed by atoms with van der Waals surface area (Å²) in [6.07, 6.45) is 3.18. The molecule has 0 fully saturated rings. The van der Waals surface area contributed by atoms with Crippen LogP contribution < -0.4 is 10.6 Å². The number of amides is 2. The average Bonchev–Trinajstić information content (AvgIpc) is 2.80. The molecule has 186 valence electrons. The number of alkyl carbamates (subject to hydrolysis) is 2. The third-order valence-corrected chi connectivity index (χ3v) is 4.97. The van der Waals surface area contributed by atoms with E-state index in [-0.39, 0.29) is 36.2 Å². The van der Waals surface area contributed by atoms with Gasteiger partial charge in [0.2, 0.25) is 0 Å². The van der Waals surface area contributed by atoms with Crippen LogP contribution in [0.4, 0.5) is 9.59 Å². The molecule has 10 nitrogen and oxygen atoms in total. The molecule has 34 heavy (non-hydrogen) atoms. The summed E-state index contributed by atoms with van der Waals surface area (Å²) in [6.45, 7) is 1.30. The van der Waals surface area contributed by atoms with Gasteiger partial charge in [-0.1, -0.05) is 25.0 Å². The largest absolute Gasteiger partial charge is 0.504 e. The van der Waals surface area contributed by atoms with Gasteiger partial charge in [0.05, 0.1) is 13.2 Å². The Kier molecular flexibility index (Phi) is 11.2. The van der Waals surface area contributed by atoms with E-state index in [2.05, 4.69) is 10.6 Å². The van der Waals surface area contributed by atoms with E-state index in [0.717, 1.165) is 36.8 Å². The molecule has 0 aliphatic rings. The Morgan fingerprint density at radius 2 is 1.03 bits per heavy atom. The molecule has 2 rings (SSSR count). The lowest BCUT2D eigenvalue weighted by Crippen LogP contribution is -2.26. The fourth-order valence-corrected chi connectivity index (χ4v) is 3.06. The van der Waals surface area contributed by atoms with Crippen LogP contribution in [0, 0.1) is 0 Å². The Morgan fingerprint density at radius 1 is 0.618 bits per heavy atom. The number of rotatable bonds is 13. The Balaban J connectivity index is 1.41. The topological polar surface area (TPSA) is 158 Å². The molecule has 0 unspecified atom stereocenters. The monoisotopic (exact) mass is 476 g/mol. The van der Waals surface area contributed by atoms with Gasteiger partial charge in [-0.25, -0.2) is 9.59 Å². The van der Waals surface area contributed by atoms with Crippen molar-refractivity contribution >= 4 is 12.2 Å². The van der Waals surface area contributed by atoms with Crippen LogP contribution in [0.1, 0.15) is 36.8 Å². The first-order chi connectivity index (χ1) is 16.3. The lowest BCUT2D eigenvalue weighted by atomic mass is 10.1. The highest BCUT2D eigenvalue weighted by atomic mass is 16.6. The van der Waals surface area contributed by atoms with Crippen LogP contribution in [0.2, 0.25) is 0 Å². The summed E-state index contributed by atoms with van der Waals surface area (Å²) in [5, 5.41) is 42.8. The molecule has 0 aliphatic heterocycles. The number of phenols is 4. The first-order valence-electron chi connectivity index (χ1n) is 11.2. The van der Waals surface area contributed by atoms with Gasteiger partial charge in [0, 0.05) is 25.9 Å². The van der Waals surface area contributed by atoms with Crippen LogP contribution in [0.3, 0.4) is 0 Å². The van der Waals surface area contributed by atoms with E-state index in [4.69, 9.17) is 9.47 Å². The van der Waals surface area contributed by atoms with E-state index in [0.29, 0.717) is 25.9 Å². The molecule has 0 bridgehead atoms. The van der Waals surface area contributed by atoms with E-state index >= 15 is 0 Å². The molecule has 0 radical (unpaired) electrons. The van der Waals surface area contributed by atoms with Gasteiger partial charge in [-0.3, -0.25) is 0 Å². The van der Waals surface area contributed by atoms with Gasteiger partial charge >= 0.3 is 12.2 Å². The maximum Gasteiger partial charge on any atom is 0.407 e. The Labute approximate surface area is 198 Å². The number of benzene rings is 2. The summed E-state index contributed by atoms with van der Waals surface area (Å²) >= 11 is 0. The van der Waals surface area contributed by atoms with Gasteiger partial charge in [-0.2, -0.15) is 0 Å². The molecular weight excluding hydrogens is 444 g/mol. The lowest BCUT2D eigenvalue weighted by Gasteiger charge is -2.08. The molecule has 0 atom stereocenters. The number of phenolic OH excluding ortho intramolecular Hbond substituents is 4. The molecule has 10 heteroatoms. The maximum atomic E-state index is 11.7. The van der Waals surface area contributed by atoms with Crippen LogP contribution in [0.15, 0.2) is 36.4 Å². The molecule has 0 saturated carbocycles. The first kappa shape index (κ1) is 26.4. The van der Waals surface area contributed by atoms with Crippen molar-refractivity contribution in [3.8, 4) is 23.0 Å². The summed E-state index contributed by atoms with van der Waals surface area (Å²) in [5.74, 6) is -0.798. The number of carbonyl (C=O) groups excluding carboxylic acids is 2. The molecule has 0 aliphatic carbocycles. The molecule has 2 aromatic carbocycles. The second-order valence-electron chi connectivity index (χ2n) is 7.69. The molecule has 0 heterocycles. The first-order valence-corrected chi connectivity index (χ1v) is 11.2. The van der Waals surface area contributed by atoms with Crippen LogP contribution in [-0.2, 0) is 22.3 Å². The van der Waals surface area contributed by atoms with Crippen molar-refractivity contribution in [2.24, 2.45) is 0 Å². The van der Waals surface area contributed by atoms with Crippen LogP contribution >= 0.6 is 0 Å². The maximum absolute atomic E-state index is 11.7. The van der Waals surface area contributed by atoms with Crippen LogP contribution in [-0.4, -0.2) is 58.9 Å². The smallest absolute Gasteiger partial charge is 0.407 e. The van der Waals surface area contributed by atoms with Crippen LogP contribution in [0.25, 0.3) is 0 Å². The quantitative estimate of drug-likeness (QED) is 0.190. The zero-order valence-corrected chi connectivity index (χ0v) is 19.0. The lowest BCUT2D eigenvalue weighted by molar-refractivity contribution is 0.146. The standard InChI is InChI=1S/C24H32N2O8/c27-19-7-5-17(15-21(19)29)9-13-33-23(31)25-11-3-1-2-4-12-26-24(32)34-14-10-18-6-8-20(28)22(30)16-18/h5-8,15-16,27-30H,1-4,9-14H2,(H,25,31)(H,26,32). The number of unbranched alkanes of at least 4 members (excludes halogenated alkanes) is 3. The molecule has 0 saturated heterocycles. The predicted octanol–water partition coefficient (Wildman–Crippen LogP) is 3.31. The predicted molar refractivity (Wildman–Crippen MR) is 124 cm³/mol. The van der Waals surface area contributed by atoms with Gasteiger partial charge in [-0.15, -0.1) is 0 Å². The van der Waals surface area contributed by atoms with Crippen molar-refractivity contribution in [2.45, 2.75) is 38.5 Å². The van der Waals surface area contributed by atoms with Crippen molar-refractivity contribution in [1.82, 2.24) is 10.6 Å². The van der Waals surface area contributed by atoms with Gasteiger partial charge < -0.3 is 40.5 Å². The highest BCUT2D eigenvalue weighted by Gasteiger charge is 2.05. The summed E-state index contributed by atoms with van der Waals surface area (Å²) in [4.78, 5) is 23.3. The second-order valence-corrected chi connectivity index (χ2v) is 7.69.